The topological polar surface area (TPSA) is 37.8 Å². The molecule has 0 bridgehead atoms. The highest BCUT2D eigenvalue weighted by atomic mass is 32.2. The van der Waals surface area contributed by atoms with Gasteiger partial charge in [-0.3, -0.25) is 0 Å². The monoisotopic (exact) mass is 305 g/mol. The molecule has 0 aliphatic rings. The predicted molar refractivity (Wildman–Crippen MR) is 84.0 cm³/mol. The fourth-order valence-corrected chi connectivity index (χ4v) is 2.91. The molecule has 1 heterocycles. The summed E-state index contributed by atoms with van der Waals surface area (Å²) in [7, 11) is 0. The van der Waals surface area contributed by atoms with E-state index in [2.05, 4.69) is 29.1 Å². The van der Waals surface area contributed by atoms with E-state index in [1.54, 1.807) is 12.1 Å². The lowest BCUT2D eigenvalue weighted by atomic mass is 10.2. The lowest BCUT2D eigenvalue weighted by Crippen LogP contribution is -2.22. The summed E-state index contributed by atoms with van der Waals surface area (Å²) in [5.41, 5.74) is 2.80. The van der Waals surface area contributed by atoms with Crippen LogP contribution in [0, 0.1) is 19.7 Å². The van der Waals surface area contributed by atoms with E-state index >= 15 is 0 Å². The van der Waals surface area contributed by atoms with Crippen LogP contribution < -0.4 is 5.32 Å². The van der Waals surface area contributed by atoms with Crippen molar-refractivity contribution in [2.45, 2.75) is 50.3 Å². The van der Waals surface area contributed by atoms with Crippen molar-refractivity contribution in [1.29, 1.82) is 0 Å². The Bertz CT molecular complexity index is 609. The number of hydrogen-bond donors (Lipinski definition) is 1. The first-order valence-electron chi connectivity index (χ1n) is 6.96. The van der Waals surface area contributed by atoms with Gasteiger partial charge < -0.3 is 5.32 Å². The molecule has 0 saturated heterocycles. The minimum absolute atomic E-state index is 0.221. The van der Waals surface area contributed by atoms with Crippen molar-refractivity contribution < 1.29 is 4.39 Å². The van der Waals surface area contributed by atoms with Crippen LogP contribution in [-0.4, -0.2) is 16.0 Å². The summed E-state index contributed by atoms with van der Waals surface area (Å²) < 4.78 is 13.5. The summed E-state index contributed by atoms with van der Waals surface area (Å²) in [6, 6.07) is 7.13. The first kappa shape index (κ1) is 15.9. The Morgan fingerprint density at radius 1 is 1.14 bits per heavy atom. The van der Waals surface area contributed by atoms with Gasteiger partial charge in [-0.2, -0.15) is 0 Å². The average Bonchev–Trinajstić information content (AvgIpc) is 2.37. The van der Waals surface area contributed by atoms with Crippen molar-refractivity contribution in [3.63, 3.8) is 0 Å². The zero-order chi connectivity index (χ0) is 15.4. The van der Waals surface area contributed by atoms with Gasteiger partial charge in [0, 0.05) is 28.9 Å². The number of aryl methyl sites for hydroxylation is 2. The molecule has 0 unspecified atom stereocenters. The maximum atomic E-state index is 13.5. The molecule has 1 aromatic heterocycles. The minimum Gasteiger partial charge on any atom is -0.310 e. The second-order valence-corrected chi connectivity index (χ2v) is 6.33. The Morgan fingerprint density at radius 2 is 1.81 bits per heavy atom. The summed E-state index contributed by atoms with van der Waals surface area (Å²) in [5, 5.41) is 4.02. The van der Waals surface area contributed by atoms with Gasteiger partial charge in [0.05, 0.1) is 0 Å². The molecule has 0 spiro atoms. The molecule has 3 nitrogen and oxygen atoms in total. The Hall–Kier alpha value is -1.46. The first-order chi connectivity index (χ1) is 9.94. The van der Waals surface area contributed by atoms with E-state index in [1.165, 1.54) is 17.8 Å². The molecule has 5 heteroatoms. The van der Waals surface area contributed by atoms with Gasteiger partial charge in [-0.1, -0.05) is 13.8 Å². The molecule has 21 heavy (non-hydrogen) atoms. The standard InChI is InChI=1S/C16H20FN3S/c1-10(2)18-9-13-8-14(17)5-6-15(13)21-16-19-11(3)7-12(4)20-16/h5-8,10,18H,9H2,1-4H3. The van der Waals surface area contributed by atoms with Crippen molar-refractivity contribution >= 4 is 11.8 Å². The minimum atomic E-state index is -0.221. The molecule has 0 aliphatic heterocycles. The van der Waals surface area contributed by atoms with Crippen LogP contribution in [-0.2, 0) is 6.54 Å². The second-order valence-electron chi connectivity index (χ2n) is 5.32. The SMILES string of the molecule is Cc1cc(C)nc(Sc2ccc(F)cc2CNC(C)C)n1. The van der Waals surface area contributed by atoms with Gasteiger partial charge in [0.2, 0.25) is 0 Å². The van der Waals surface area contributed by atoms with E-state index in [4.69, 9.17) is 0 Å². The second kappa shape index (κ2) is 7.00. The van der Waals surface area contributed by atoms with Gasteiger partial charge in [-0.05, 0) is 55.4 Å². The highest BCUT2D eigenvalue weighted by molar-refractivity contribution is 7.99. The maximum absolute atomic E-state index is 13.5. The van der Waals surface area contributed by atoms with E-state index in [9.17, 15) is 4.39 Å². The van der Waals surface area contributed by atoms with Gasteiger partial charge in [-0.15, -0.1) is 0 Å². The highest BCUT2D eigenvalue weighted by Crippen LogP contribution is 2.29. The number of rotatable bonds is 5. The molecule has 0 amide bonds. The van der Waals surface area contributed by atoms with Crippen molar-refractivity contribution in [3.8, 4) is 0 Å². The molecule has 1 N–H and O–H groups in total. The largest absolute Gasteiger partial charge is 0.310 e. The van der Waals surface area contributed by atoms with Crippen LogP contribution in [0.4, 0.5) is 4.39 Å². The summed E-state index contributed by atoms with van der Waals surface area (Å²) in [4.78, 5) is 9.83. The van der Waals surface area contributed by atoms with Crippen molar-refractivity contribution in [2.75, 3.05) is 0 Å². The molecule has 0 radical (unpaired) electrons. The number of nitrogens with one attached hydrogen (secondary N) is 1. The van der Waals surface area contributed by atoms with Crippen molar-refractivity contribution in [2.24, 2.45) is 0 Å². The summed E-state index contributed by atoms with van der Waals surface area (Å²) in [6.07, 6.45) is 0. The molecular weight excluding hydrogens is 285 g/mol. The van der Waals surface area contributed by atoms with Gasteiger partial charge in [0.1, 0.15) is 5.82 Å². The quantitative estimate of drug-likeness (QED) is 0.851. The van der Waals surface area contributed by atoms with Crippen LogP contribution in [0.2, 0.25) is 0 Å². The first-order valence-corrected chi connectivity index (χ1v) is 7.77. The smallest absolute Gasteiger partial charge is 0.192 e. The zero-order valence-electron chi connectivity index (χ0n) is 12.8. The van der Waals surface area contributed by atoms with Gasteiger partial charge >= 0.3 is 0 Å². The lowest BCUT2D eigenvalue weighted by Gasteiger charge is -2.12. The third-order valence-corrected chi connectivity index (χ3v) is 3.87. The maximum Gasteiger partial charge on any atom is 0.192 e. The molecule has 0 atom stereocenters. The van der Waals surface area contributed by atoms with E-state index in [-0.39, 0.29) is 5.82 Å². The summed E-state index contributed by atoms with van der Waals surface area (Å²) in [5.74, 6) is -0.221. The van der Waals surface area contributed by atoms with Crippen LogP contribution in [0.1, 0.15) is 30.8 Å². The van der Waals surface area contributed by atoms with Crippen molar-refractivity contribution in [3.05, 3.63) is 47.0 Å². The fourth-order valence-electron chi connectivity index (χ4n) is 1.94. The Balaban J connectivity index is 2.25. The summed E-state index contributed by atoms with van der Waals surface area (Å²) >= 11 is 1.47. The zero-order valence-corrected chi connectivity index (χ0v) is 13.6. The Morgan fingerprint density at radius 3 is 2.43 bits per heavy atom. The van der Waals surface area contributed by atoms with Crippen LogP contribution in [0.5, 0.6) is 0 Å². The fraction of sp³-hybridized carbons (Fsp3) is 0.375. The number of halogens is 1. The average molecular weight is 305 g/mol. The van der Waals surface area contributed by atoms with Crippen LogP contribution in [0.25, 0.3) is 0 Å². The molecule has 0 aliphatic carbocycles. The molecule has 112 valence electrons. The van der Waals surface area contributed by atoms with E-state index in [0.29, 0.717) is 17.7 Å². The van der Waals surface area contributed by atoms with Gasteiger partial charge in [0.15, 0.2) is 5.16 Å². The molecule has 1 aromatic carbocycles. The summed E-state index contributed by atoms with van der Waals surface area (Å²) in [6.45, 7) is 8.66. The van der Waals surface area contributed by atoms with E-state index in [0.717, 1.165) is 21.8 Å². The lowest BCUT2D eigenvalue weighted by molar-refractivity contribution is 0.576. The van der Waals surface area contributed by atoms with Crippen molar-refractivity contribution in [1.82, 2.24) is 15.3 Å². The highest BCUT2D eigenvalue weighted by Gasteiger charge is 2.09. The van der Waals surface area contributed by atoms with Crippen LogP contribution in [0.15, 0.2) is 34.3 Å². The molecule has 2 aromatic rings. The van der Waals surface area contributed by atoms with Crippen LogP contribution in [0.3, 0.4) is 0 Å². The number of aromatic nitrogens is 2. The third kappa shape index (κ3) is 4.79. The molecular formula is C16H20FN3S. The molecule has 2 rings (SSSR count). The Kier molecular flexibility index (Phi) is 5.31. The molecule has 0 saturated carbocycles. The van der Waals surface area contributed by atoms with E-state index in [1.807, 2.05) is 19.9 Å². The third-order valence-electron chi connectivity index (χ3n) is 2.89. The number of benzene rings is 1. The Labute approximate surface area is 129 Å². The number of nitrogens with zero attached hydrogens (tertiary/aromatic N) is 2. The number of hydrogen-bond acceptors (Lipinski definition) is 4. The van der Waals surface area contributed by atoms with Gasteiger partial charge in [-0.25, -0.2) is 14.4 Å². The van der Waals surface area contributed by atoms with Crippen LogP contribution >= 0.6 is 11.8 Å². The van der Waals surface area contributed by atoms with Gasteiger partial charge in [0.25, 0.3) is 0 Å². The normalized spacial score (nSPS) is 11.1. The van der Waals surface area contributed by atoms with E-state index < -0.39 is 0 Å². The molecule has 0 fully saturated rings. The predicted octanol–water partition coefficient (Wildman–Crippen LogP) is 3.88.